The van der Waals surface area contributed by atoms with E-state index in [0.717, 1.165) is 33.4 Å². The minimum Gasteiger partial charge on any atom is -0.508 e. The van der Waals surface area contributed by atoms with Gasteiger partial charge in [0.1, 0.15) is 5.75 Å². The molecule has 112 valence electrons. The quantitative estimate of drug-likeness (QED) is 0.533. The predicted molar refractivity (Wildman–Crippen MR) is 90.7 cm³/mol. The van der Waals surface area contributed by atoms with Crippen molar-refractivity contribution in [2.45, 2.75) is 0 Å². The number of hydrogen-bond donors (Lipinski definition) is 3. The van der Waals surface area contributed by atoms with Gasteiger partial charge in [0.25, 0.3) is 0 Å². The van der Waals surface area contributed by atoms with Gasteiger partial charge in [0.05, 0.1) is 23.6 Å². The zero-order chi connectivity index (χ0) is 15.6. The monoisotopic (exact) mass is 302 g/mol. The molecule has 0 unspecified atom stereocenters. The van der Waals surface area contributed by atoms with Crippen molar-refractivity contribution in [2.24, 2.45) is 0 Å². The summed E-state index contributed by atoms with van der Waals surface area (Å²) in [5, 5.41) is 21.5. The third kappa shape index (κ3) is 2.60. The van der Waals surface area contributed by atoms with E-state index < -0.39 is 0 Å². The van der Waals surface area contributed by atoms with Crippen LogP contribution in [-0.2, 0) is 0 Å². The topological polar surface area (TPSA) is 73.8 Å². The Morgan fingerprint density at radius 1 is 0.957 bits per heavy atom. The van der Waals surface area contributed by atoms with Gasteiger partial charge >= 0.3 is 0 Å². The number of nitrogens with one attached hydrogen (secondary N) is 2. The third-order valence-corrected chi connectivity index (χ3v) is 3.66. The molecule has 0 saturated carbocycles. The fraction of sp³-hybridized carbons (Fsp3) is 0. The molecule has 23 heavy (non-hydrogen) atoms. The molecule has 0 saturated heterocycles. The normalized spacial score (nSPS) is 10.8. The molecule has 2 aromatic carbocycles. The highest BCUT2D eigenvalue weighted by Crippen LogP contribution is 2.32. The SMILES string of the molecule is Oc1cc(Nc2cccnc2)cc(-c2cccc3cn[nH]c23)c1. The summed E-state index contributed by atoms with van der Waals surface area (Å²) in [5.74, 6) is 0.199. The van der Waals surface area contributed by atoms with Crippen LogP contribution in [-0.4, -0.2) is 20.3 Å². The molecule has 0 bridgehead atoms. The number of para-hydroxylation sites is 1. The van der Waals surface area contributed by atoms with Gasteiger partial charge < -0.3 is 10.4 Å². The van der Waals surface area contributed by atoms with E-state index in [0.29, 0.717) is 0 Å². The Kier molecular flexibility index (Phi) is 3.16. The van der Waals surface area contributed by atoms with Crippen LogP contribution < -0.4 is 5.32 Å². The summed E-state index contributed by atoms with van der Waals surface area (Å²) in [7, 11) is 0. The highest BCUT2D eigenvalue weighted by Gasteiger charge is 2.08. The number of rotatable bonds is 3. The largest absolute Gasteiger partial charge is 0.508 e. The Bertz CT molecular complexity index is 963. The molecule has 5 nitrogen and oxygen atoms in total. The number of aromatic hydroxyl groups is 1. The maximum Gasteiger partial charge on any atom is 0.118 e. The molecule has 3 N–H and O–H groups in total. The van der Waals surface area contributed by atoms with Crippen molar-refractivity contribution in [1.82, 2.24) is 15.2 Å². The number of benzene rings is 2. The number of H-pyrrole nitrogens is 1. The molecule has 0 spiro atoms. The number of hydrogen-bond acceptors (Lipinski definition) is 4. The van der Waals surface area contributed by atoms with Crippen molar-refractivity contribution in [3.8, 4) is 16.9 Å². The zero-order valence-corrected chi connectivity index (χ0v) is 12.2. The molecule has 0 aliphatic carbocycles. The number of aromatic nitrogens is 3. The van der Waals surface area contributed by atoms with Gasteiger partial charge in [-0.2, -0.15) is 5.10 Å². The number of phenolic OH excluding ortho intramolecular Hbond substituents is 1. The van der Waals surface area contributed by atoms with Crippen molar-refractivity contribution in [3.63, 3.8) is 0 Å². The standard InChI is InChI=1S/C18H14N4O/c23-16-8-13(17-5-1-3-12-10-20-22-18(12)17)7-15(9-16)21-14-4-2-6-19-11-14/h1-11,21,23H,(H,20,22). The summed E-state index contributed by atoms with van der Waals surface area (Å²) in [6, 6.07) is 15.2. The van der Waals surface area contributed by atoms with Gasteiger partial charge in [0, 0.05) is 28.9 Å². The first-order chi connectivity index (χ1) is 11.3. The summed E-state index contributed by atoms with van der Waals surface area (Å²) in [6.45, 7) is 0. The maximum atomic E-state index is 10.1. The lowest BCUT2D eigenvalue weighted by molar-refractivity contribution is 0.476. The van der Waals surface area contributed by atoms with Crippen LogP contribution in [0.4, 0.5) is 11.4 Å². The average Bonchev–Trinajstić information content (AvgIpc) is 3.04. The van der Waals surface area contributed by atoms with Crippen molar-refractivity contribution in [3.05, 3.63) is 67.1 Å². The second-order valence-electron chi connectivity index (χ2n) is 5.28. The third-order valence-electron chi connectivity index (χ3n) is 3.66. The van der Waals surface area contributed by atoms with Gasteiger partial charge in [-0.15, -0.1) is 0 Å². The summed E-state index contributed by atoms with van der Waals surface area (Å²) in [4.78, 5) is 4.08. The van der Waals surface area contributed by atoms with E-state index in [9.17, 15) is 5.11 Å². The van der Waals surface area contributed by atoms with Crippen LogP contribution in [0.5, 0.6) is 5.75 Å². The van der Waals surface area contributed by atoms with E-state index in [1.54, 1.807) is 30.7 Å². The first-order valence-corrected chi connectivity index (χ1v) is 7.23. The number of fused-ring (bicyclic) bond motifs is 1. The van der Waals surface area contributed by atoms with E-state index in [1.807, 2.05) is 36.4 Å². The first kappa shape index (κ1) is 13.3. The Morgan fingerprint density at radius 3 is 2.78 bits per heavy atom. The van der Waals surface area contributed by atoms with Gasteiger partial charge in [-0.25, -0.2) is 0 Å². The second-order valence-corrected chi connectivity index (χ2v) is 5.28. The number of phenols is 1. The molecule has 0 aliphatic heterocycles. The van der Waals surface area contributed by atoms with Crippen LogP contribution in [0.15, 0.2) is 67.1 Å². The first-order valence-electron chi connectivity index (χ1n) is 7.23. The Morgan fingerprint density at radius 2 is 1.91 bits per heavy atom. The highest BCUT2D eigenvalue weighted by atomic mass is 16.3. The number of pyridine rings is 1. The minimum atomic E-state index is 0.199. The second kappa shape index (κ2) is 5.46. The summed E-state index contributed by atoms with van der Waals surface area (Å²) in [5.41, 5.74) is 4.51. The molecule has 2 heterocycles. The lowest BCUT2D eigenvalue weighted by atomic mass is 10.0. The number of aromatic amines is 1. The molecule has 0 aliphatic rings. The number of anilines is 2. The fourth-order valence-corrected chi connectivity index (χ4v) is 2.65. The Labute approximate surface area is 132 Å². The summed E-state index contributed by atoms with van der Waals surface area (Å²) in [6.07, 6.45) is 5.24. The van der Waals surface area contributed by atoms with Gasteiger partial charge in [0.15, 0.2) is 0 Å². The Balaban J connectivity index is 1.79. The van der Waals surface area contributed by atoms with E-state index in [-0.39, 0.29) is 5.75 Å². The van der Waals surface area contributed by atoms with Crippen LogP contribution in [0.25, 0.3) is 22.0 Å². The Hall–Kier alpha value is -3.34. The number of nitrogens with zero attached hydrogens (tertiary/aromatic N) is 2. The molecule has 0 fully saturated rings. The lowest BCUT2D eigenvalue weighted by Crippen LogP contribution is -1.91. The van der Waals surface area contributed by atoms with E-state index in [1.165, 1.54) is 0 Å². The molecular weight excluding hydrogens is 288 g/mol. The molecule has 0 atom stereocenters. The van der Waals surface area contributed by atoms with Crippen LogP contribution in [0.1, 0.15) is 0 Å². The average molecular weight is 302 g/mol. The van der Waals surface area contributed by atoms with Gasteiger partial charge in [-0.3, -0.25) is 10.1 Å². The maximum absolute atomic E-state index is 10.1. The van der Waals surface area contributed by atoms with Gasteiger partial charge in [-0.1, -0.05) is 18.2 Å². The molecule has 5 heteroatoms. The molecule has 4 rings (SSSR count). The van der Waals surface area contributed by atoms with Gasteiger partial charge in [0.2, 0.25) is 0 Å². The molecule has 0 radical (unpaired) electrons. The van der Waals surface area contributed by atoms with Crippen molar-refractivity contribution >= 4 is 22.3 Å². The van der Waals surface area contributed by atoms with Crippen molar-refractivity contribution < 1.29 is 5.11 Å². The van der Waals surface area contributed by atoms with Crippen LogP contribution in [0.3, 0.4) is 0 Å². The van der Waals surface area contributed by atoms with Crippen LogP contribution in [0, 0.1) is 0 Å². The predicted octanol–water partition coefficient (Wildman–Crippen LogP) is 4.07. The minimum absolute atomic E-state index is 0.199. The van der Waals surface area contributed by atoms with E-state index in [2.05, 4.69) is 20.5 Å². The van der Waals surface area contributed by atoms with Crippen LogP contribution in [0.2, 0.25) is 0 Å². The molecule has 2 aromatic heterocycles. The van der Waals surface area contributed by atoms with Crippen LogP contribution >= 0.6 is 0 Å². The summed E-state index contributed by atoms with van der Waals surface area (Å²) >= 11 is 0. The lowest BCUT2D eigenvalue weighted by Gasteiger charge is -2.10. The van der Waals surface area contributed by atoms with E-state index >= 15 is 0 Å². The van der Waals surface area contributed by atoms with E-state index in [4.69, 9.17) is 0 Å². The smallest absolute Gasteiger partial charge is 0.118 e. The highest BCUT2D eigenvalue weighted by molar-refractivity contribution is 5.94. The van der Waals surface area contributed by atoms with Gasteiger partial charge in [-0.05, 0) is 29.8 Å². The molecule has 0 amide bonds. The fourth-order valence-electron chi connectivity index (χ4n) is 2.65. The van der Waals surface area contributed by atoms with Crippen molar-refractivity contribution in [2.75, 3.05) is 5.32 Å². The molecular formula is C18H14N4O. The molecule has 4 aromatic rings. The van der Waals surface area contributed by atoms with Crippen molar-refractivity contribution in [1.29, 1.82) is 0 Å². The summed E-state index contributed by atoms with van der Waals surface area (Å²) < 4.78 is 0. The zero-order valence-electron chi connectivity index (χ0n) is 12.2.